The SMILES string of the molecule is CNC(=O)c1cnc(Nc2ccc(N3CCOCC3)cc2)nc1Nc1cccc(O)c1. The summed E-state index contributed by atoms with van der Waals surface area (Å²) in [5, 5.41) is 18.5. The number of phenolic OH excluding ortho intramolecular Hbond substituents is 1. The Morgan fingerprint density at radius 1 is 1.06 bits per heavy atom. The number of aromatic nitrogens is 2. The molecule has 0 bridgehead atoms. The van der Waals surface area contributed by atoms with Crippen LogP contribution in [0.1, 0.15) is 10.4 Å². The number of carbonyl (C=O) groups excluding carboxylic acids is 1. The van der Waals surface area contributed by atoms with E-state index in [0.717, 1.165) is 37.7 Å². The third kappa shape index (κ3) is 5.01. The lowest BCUT2D eigenvalue weighted by atomic mass is 10.2. The molecule has 160 valence electrons. The number of amides is 1. The van der Waals surface area contributed by atoms with Gasteiger partial charge in [-0.25, -0.2) is 4.98 Å². The molecule has 3 aromatic rings. The molecule has 1 amide bonds. The number of anilines is 5. The maximum absolute atomic E-state index is 12.2. The standard InChI is InChI=1S/C22H24N6O3/c1-23-21(30)19-14-24-22(27-20(19)25-16-3-2-4-18(29)13-16)26-15-5-7-17(8-6-15)28-9-11-31-12-10-28/h2-8,13-14,29H,9-12H2,1H3,(H,23,30)(H2,24,25,26,27). The van der Waals surface area contributed by atoms with Crippen LogP contribution in [0.3, 0.4) is 0 Å². The first-order valence-electron chi connectivity index (χ1n) is 9.97. The quantitative estimate of drug-likeness (QED) is 0.482. The number of benzene rings is 2. The highest BCUT2D eigenvalue weighted by molar-refractivity contribution is 5.99. The largest absolute Gasteiger partial charge is 0.508 e. The van der Waals surface area contributed by atoms with Gasteiger partial charge in [0, 0.05) is 49.5 Å². The second-order valence-corrected chi connectivity index (χ2v) is 6.98. The second kappa shape index (κ2) is 9.31. The van der Waals surface area contributed by atoms with E-state index in [1.54, 1.807) is 31.3 Å². The molecule has 9 nitrogen and oxygen atoms in total. The van der Waals surface area contributed by atoms with Crippen molar-refractivity contribution in [2.75, 3.05) is 48.9 Å². The fourth-order valence-corrected chi connectivity index (χ4v) is 3.26. The third-order valence-corrected chi connectivity index (χ3v) is 4.87. The Morgan fingerprint density at radius 3 is 2.55 bits per heavy atom. The third-order valence-electron chi connectivity index (χ3n) is 4.87. The molecule has 2 heterocycles. The topological polar surface area (TPSA) is 112 Å². The maximum atomic E-state index is 12.2. The van der Waals surface area contributed by atoms with E-state index in [-0.39, 0.29) is 11.7 Å². The first-order valence-corrected chi connectivity index (χ1v) is 9.97. The Hall–Kier alpha value is -3.85. The molecule has 1 aromatic heterocycles. The number of ether oxygens (including phenoxy) is 1. The van der Waals surface area contributed by atoms with E-state index in [4.69, 9.17) is 4.74 Å². The average molecular weight is 420 g/mol. The highest BCUT2D eigenvalue weighted by Gasteiger charge is 2.15. The molecule has 0 aliphatic carbocycles. The Morgan fingerprint density at radius 2 is 1.84 bits per heavy atom. The van der Waals surface area contributed by atoms with Crippen LogP contribution < -0.4 is 20.9 Å². The van der Waals surface area contributed by atoms with E-state index in [9.17, 15) is 9.90 Å². The van der Waals surface area contributed by atoms with Crippen LogP contribution in [0.15, 0.2) is 54.7 Å². The number of nitrogens with zero attached hydrogens (tertiary/aromatic N) is 3. The van der Waals surface area contributed by atoms with Crippen LogP contribution >= 0.6 is 0 Å². The molecule has 1 saturated heterocycles. The van der Waals surface area contributed by atoms with Crippen LogP contribution in [0.2, 0.25) is 0 Å². The summed E-state index contributed by atoms with van der Waals surface area (Å²) >= 11 is 0. The van der Waals surface area contributed by atoms with Crippen molar-refractivity contribution in [3.05, 3.63) is 60.3 Å². The number of hydrogen-bond donors (Lipinski definition) is 4. The van der Waals surface area contributed by atoms with Gasteiger partial charge in [0.15, 0.2) is 0 Å². The van der Waals surface area contributed by atoms with Crippen LogP contribution in [0.5, 0.6) is 5.75 Å². The zero-order valence-electron chi connectivity index (χ0n) is 17.1. The Bertz CT molecular complexity index is 1050. The number of phenols is 1. The van der Waals surface area contributed by atoms with Crippen LogP contribution in [-0.2, 0) is 4.74 Å². The normalized spacial score (nSPS) is 13.5. The molecule has 1 aliphatic heterocycles. The van der Waals surface area contributed by atoms with Gasteiger partial charge in [0.1, 0.15) is 17.1 Å². The van der Waals surface area contributed by atoms with Crippen LogP contribution in [0.4, 0.5) is 28.8 Å². The first kappa shape index (κ1) is 20.4. The fraction of sp³-hybridized carbons (Fsp3) is 0.227. The maximum Gasteiger partial charge on any atom is 0.256 e. The summed E-state index contributed by atoms with van der Waals surface area (Å²) in [6, 6.07) is 14.6. The summed E-state index contributed by atoms with van der Waals surface area (Å²) in [5.41, 5.74) is 2.85. The molecule has 4 N–H and O–H groups in total. The zero-order valence-corrected chi connectivity index (χ0v) is 17.1. The van der Waals surface area contributed by atoms with Crippen molar-refractivity contribution in [3.8, 4) is 5.75 Å². The van der Waals surface area contributed by atoms with Crippen molar-refractivity contribution in [2.24, 2.45) is 0 Å². The molecule has 2 aromatic carbocycles. The number of rotatable bonds is 6. The number of morpholine rings is 1. The fourth-order valence-electron chi connectivity index (χ4n) is 3.26. The van der Waals surface area contributed by atoms with Crippen molar-refractivity contribution >= 4 is 34.7 Å². The zero-order chi connectivity index (χ0) is 21.6. The summed E-state index contributed by atoms with van der Waals surface area (Å²) < 4.78 is 5.40. The van der Waals surface area contributed by atoms with Gasteiger partial charge in [0.25, 0.3) is 5.91 Å². The summed E-state index contributed by atoms with van der Waals surface area (Å²) in [7, 11) is 1.54. The average Bonchev–Trinajstić information content (AvgIpc) is 2.80. The first-order chi connectivity index (χ1) is 15.1. The van der Waals surface area contributed by atoms with E-state index in [1.807, 2.05) is 24.3 Å². The van der Waals surface area contributed by atoms with Gasteiger partial charge >= 0.3 is 0 Å². The van der Waals surface area contributed by atoms with Gasteiger partial charge in [-0.3, -0.25) is 4.79 Å². The number of aromatic hydroxyl groups is 1. The molecule has 1 fully saturated rings. The minimum atomic E-state index is -0.316. The minimum absolute atomic E-state index is 0.110. The lowest BCUT2D eigenvalue weighted by Gasteiger charge is -2.28. The molecule has 31 heavy (non-hydrogen) atoms. The van der Waals surface area contributed by atoms with E-state index >= 15 is 0 Å². The van der Waals surface area contributed by atoms with Gasteiger partial charge < -0.3 is 30.7 Å². The van der Waals surface area contributed by atoms with Crippen LogP contribution in [-0.4, -0.2) is 54.3 Å². The molecule has 4 rings (SSSR count). The van der Waals surface area contributed by atoms with Gasteiger partial charge in [-0.1, -0.05) is 6.07 Å². The van der Waals surface area contributed by atoms with Crippen LogP contribution in [0, 0.1) is 0 Å². The predicted octanol–water partition coefficient (Wildman–Crippen LogP) is 2.87. The van der Waals surface area contributed by atoms with Gasteiger partial charge in [-0.15, -0.1) is 0 Å². The number of carbonyl (C=O) groups is 1. The monoisotopic (exact) mass is 420 g/mol. The highest BCUT2D eigenvalue weighted by Crippen LogP contribution is 2.25. The molecule has 0 atom stereocenters. The summed E-state index contributed by atoms with van der Waals surface area (Å²) in [6.45, 7) is 3.23. The van der Waals surface area contributed by atoms with Gasteiger partial charge in [-0.2, -0.15) is 4.98 Å². The summed E-state index contributed by atoms with van der Waals surface area (Å²) in [4.78, 5) is 23.3. The lowest BCUT2D eigenvalue weighted by molar-refractivity contribution is 0.0963. The molecule has 0 saturated carbocycles. The van der Waals surface area contributed by atoms with Crippen LogP contribution in [0.25, 0.3) is 0 Å². The summed E-state index contributed by atoms with van der Waals surface area (Å²) in [5.74, 6) is 0.463. The van der Waals surface area contributed by atoms with E-state index in [1.165, 1.54) is 6.20 Å². The van der Waals surface area contributed by atoms with Crippen molar-refractivity contribution < 1.29 is 14.6 Å². The van der Waals surface area contributed by atoms with Gasteiger partial charge in [0.05, 0.1) is 13.2 Å². The Balaban J connectivity index is 1.54. The number of nitrogens with one attached hydrogen (secondary N) is 3. The smallest absolute Gasteiger partial charge is 0.256 e. The molecule has 0 unspecified atom stereocenters. The van der Waals surface area contributed by atoms with Crippen molar-refractivity contribution in [2.45, 2.75) is 0 Å². The Kier molecular flexibility index (Phi) is 6.13. The number of hydrogen-bond acceptors (Lipinski definition) is 8. The molecule has 0 radical (unpaired) electrons. The molecule has 9 heteroatoms. The molecule has 1 aliphatic rings. The van der Waals surface area contributed by atoms with Crippen molar-refractivity contribution in [1.82, 2.24) is 15.3 Å². The summed E-state index contributed by atoms with van der Waals surface area (Å²) in [6.07, 6.45) is 1.46. The molecular formula is C22H24N6O3. The van der Waals surface area contributed by atoms with Crippen molar-refractivity contribution in [3.63, 3.8) is 0 Å². The van der Waals surface area contributed by atoms with E-state index in [2.05, 4.69) is 30.8 Å². The predicted molar refractivity (Wildman–Crippen MR) is 120 cm³/mol. The van der Waals surface area contributed by atoms with Crippen molar-refractivity contribution in [1.29, 1.82) is 0 Å². The Labute approximate surface area is 180 Å². The van der Waals surface area contributed by atoms with Gasteiger partial charge in [-0.05, 0) is 36.4 Å². The van der Waals surface area contributed by atoms with Gasteiger partial charge in [0.2, 0.25) is 5.95 Å². The highest BCUT2D eigenvalue weighted by atomic mass is 16.5. The molecular weight excluding hydrogens is 396 g/mol. The van der Waals surface area contributed by atoms with E-state index < -0.39 is 0 Å². The minimum Gasteiger partial charge on any atom is -0.508 e. The second-order valence-electron chi connectivity index (χ2n) is 6.98. The lowest BCUT2D eigenvalue weighted by Crippen LogP contribution is -2.36. The van der Waals surface area contributed by atoms with E-state index in [0.29, 0.717) is 23.0 Å². The molecule has 0 spiro atoms.